The molecular weight excluding hydrogens is 446 g/mol. The second-order valence-electron chi connectivity index (χ2n) is 11.2. The molecule has 34 heavy (non-hydrogen) atoms. The van der Waals surface area contributed by atoms with Crippen LogP contribution in [0.15, 0.2) is 23.4 Å². The molecular formula is C26H37N5O2S. The second kappa shape index (κ2) is 9.10. The van der Waals surface area contributed by atoms with Crippen LogP contribution in [0.25, 0.3) is 0 Å². The fourth-order valence-corrected chi connectivity index (χ4v) is 7.50. The predicted molar refractivity (Wildman–Crippen MR) is 134 cm³/mol. The fourth-order valence-electron chi connectivity index (χ4n) is 6.71. The summed E-state index contributed by atoms with van der Waals surface area (Å²) in [6.45, 7) is 8.49. The Morgan fingerprint density at radius 2 is 1.82 bits per heavy atom. The number of carbonyl (C=O) groups excluding carboxylic acids is 1. The average molecular weight is 484 g/mol. The van der Waals surface area contributed by atoms with Gasteiger partial charge in [-0.15, -0.1) is 10.2 Å². The number of benzene rings is 1. The number of aryl methyl sites for hydroxylation is 1. The van der Waals surface area contributed by atoms with Crippen molar-refractivity contribution in [3.8, 4) is 5.75 Å². The van der Waals surface area contributed by atoms with Gasteiger partial charge in [-0.25, -0.2) is 4.68 Å². The topological polar surface area (TPSA) is 95.1 Å². The molecule has 8 heteroatoms. The zero-order valence-electron chi connectivity index (χ0n) is 20.7. The molecule has 4 saturated carbocycles. The largest absolute Gasteiger partial charge is 0.485 e. The van der Waals surface area contributed by atoms with Crippen LogP contribution in [0.3, 0.4) is 0 Å². The van der Waals surface area contributed by atoms with Crippen LogP contribution in [-0.4, -0.2) is 31.6 Å². The van der Waals surface area contributed by atoms with Crippen LogP contribution in [0, 0.1) is 24.7 Å². The number of rotatable bonds is 8. The SMILES string of the molecule is Cc1ccc(C(C)C)c(OCc2nnc(SC(C)C(=O)NC34CC5CC(CC(C5)C3)C4)n2N)c1. The van der Waals surface area contributed by atoms with Crippen LogP contribution in [0.2, 0.25) is 0 Å². The summed E-state index contributed by atoms with van der Waals surface area (Å²) in [4.78, 5) is 13.1. The highest BCUT2D eigenvalue weighted by atomic mass is 32.2. The van der Waals surface area contributed by atoms with Crippen LogP contribution in [0.5, 0.6) is 5.75 Å². The van der Waals surface area contributed by atoms with E-state index in [2.05, 4.69) is 41.5 Å². The Hall–Kier alpha value is -2.22. The van der Waals surface area contributed by atoms with Gasteiger partial charge in [-0.2, -0.15) is 0 Å². The van der Waals surface area contributed by atoms with E-state index in [-0.39, 0.29) is 23.3 Å². The van der Waals surface area contributed by atoms with Crippen molar-refractivity contribution in [3.63, 3.8) is 0 Å². The molecule has 0 aliphatic heterocycles. The summed E-state index contributed by atoms with van der Waals surface area (Å²) in [6, 6.07) is 6.24. The van der Waals surface area contributed by atoms with Crippen molar-refractivity contribution < 1.29 is 9.53 Å². The van der Waals surface area contributed by atoms with Gasteiger partial charge < -0.3 is 15.9 Å². The molecule has 1 heterocycles. The van der Waals surface area contributed by atoms with Crippen LogP contribution in [-0.2, 0) is 11.4 Å². The minimum Gasteiger partial charge on any atom is -0.485 e. The van der Waals surface area contributed by atoms with Crippen LogP contribution in [0.4, 0.5) is 0 Å². The number of amides is 1. The van der Waals surface area contributed by atoms with E-state index in [1.54, 1.807) is 0 Å². The molecule has 4 fully saturated rings. The van der Waals surface area contributed by atoms with Gasteiger partial charge in [0, 0.05) is 5.54 Å². The lowest BCUT2D eigenvalue weighted by atomic mass is 9.53. The lowest BCUT2D eigenvalue weighted by molar-refractivity contribution is -0.126. The van der Waals surface area contributed by atoms with Gasteiger partial charge in [0.25, 0.3) is 0 Å². The molecule has 1 unspecified atom stereocenters. The number of thioether (sulfide) groups is 1. The number of aromatic nitrogens is 3. The molecule has 0 saturated heterocycles. The Labute approximate surface area is 206 Å². The van der Waals surface area contributed by atoms with Crippen molar-refractivity contribution in [1.29, 1.82) is 0 Å². The summed E-state index contributed by atoms with van der Waals surface area (Å²) in [5.41, 5.74) is 2.31. The van der Waals surface area contributed by atoms with Crippen molar-refractivity contribution >= 4 is 17.7 Å². The minimum atomic E-state index is -0.294. The van der Waals surface area contributed by atoms with Crippen LogP contribution in [0.1, 0.15) is 82.2 Å². The Morgan fingerprint density at radius 3 is 2.44 bits per heavy atom. The first-order valence-corrected chi connectivity index (χ1v) is 13.5. The van der Waals surface area contributed by atoms with E-state index < -0.39 is 0 Å². The van der Waals surface area contributed by atoms with Gasteiger partial charge >= 0.3 is 0 Å². The third kappa shape index (κ3) is 4.66. The second-order valence-corrected chi connectivity index (χ2v) is 12.5. The van der Waals surface area contributed by atoms with E-state index in [9.17, 15) is 4.79 Å². The van der Waals surface area contributed by atoms with Gasteiger partial charge in [-0.05, 0) is 93.2 Å². The number of nitrogen functional groups attached to an aromatic ring is 1. The first-order valence-electron chi connectivity index (χ1n) is 12.6. The van der Waals surface area contributed by atoms with Gasteiger partial charge in [-0.3, -0.25) is 4.79 Å². The highest BCUT2D eigenvalue weighted by Gasteiger charge is 2.51. The van der Waals surface area contributed by atoms with Crippen molar-refractivity contribution in [1.82, 2.24) is 20.2 Å². The quantitative estimate of drug-likeness (QED) is 0.422. The number of hydrogen-bond acceptors (Lipinski definition) is 6. The van der Waals surface area contributed by atoms with E-state index in [0.29, 0.717) is 16.9 Å². The standard InChI is InChI=1S/C26H37N5O2S/c1-15(2)21-6-5-16(3)7-22(21)33-14-23-29-30-25(31(23)27)34-17(4)24(32)28-26-11-18-8-19(12-26)10-20(9-18)13-26/h5-7,15,17-20H,8-14,27H2,1-4H3,(H,28,32). The number of hydrogen-bond donors (Lipinski definition) is 2. The number of carbonyl (C=O) groups is 1. The summed E-state index contributed by atoms with van der Waals surface area (Å²) < 4.78 is 7.53. The van der Waals surface area contributed by atoms with Crippen molar-refractivity contribution in [2.24, 2.45) is 17.8 Å². The Morgan fingerprint density at radius 1 is 1.18 bits per heavy atom. The highest BCUT2D eigenvalue weighted by molar-refractivity contribution is 8.00. The molecule has 7 nitrogen and oxygen atoms in total. The molecule has 3 N–H and O–H groups in total. The molecule has 1 amide bonds. The van der Waals surface area contributed by atoms with Gasteiger partial charge in [0.15, 0.2) is 5.82 Å². The molecule has 0 spiro atoms. The first kappa shape index (κ1) is 23.5. The van der Waals surface area contributed by atoms with E-state index in [4.69, 9.17) is 10.6 Å². The van der Waals surface area contributed by atoms with Crippen molar-refractivity contribution in [3.05, 3.63) is 35.2 Å². The zero-order valence-corrected chi connectivity index (χ0v) is 21.5. The van der Waals surface area contributed by atoms with Gasteiger partial charge in [0.2, 0.25) is 11.1 Å². The number of nitrogens with one attached hydrogen (secondary N) is 1. The van der Waals surface area contributed by atoms with Crippen LogP contribution < -0.4 is 15.9 Å². The molecule has 1 atom stereocenters. The first-order chi connectivity index (χ1) is 16.2. The van der Waals surface area contributed by atoms with Crippen LogP contribution >= 0.6 is 11.8 Å². The number of nitrogens with zero attached hydrogens (tertiary/aromatic N) is 3. The molecule has 4 bridgehead atoms. The Balaban J connectivity index is 1.20. The zero-order chi connectivity index (χ0) is 24.0. The summed E-state index contributed by atoms with van der Waals surface area (Å²) in [5.74, 6) is 10.5. The maximum Gasteiger partial charge on any atom is 0.233 e. The molecule has 1 aromatic carbocycles. The monoisotopic (exact) mass is 483 g/mol. The van der Waals surface area contributed by atoms with Crippen molar-refractivity contribution in [2.75, 3.05) is 5.84 Å². The normalized spacial score (nSPS) is 28.3. The summed E-state index contributed by atoms with van der Waals surface area (Å²) in [5, 5.41) is 12.2. The van der Waals surface area contributed by atoms with E-state index in [1.807, 2.05) is 19.9 Å². The molecule has 1 aromatic heterocycles. The van der Waals surface area contributed by atoms with E-state index >= 15 is 0 Å². The lowest BCUT2D eigenvalue weighted by Gasteiger charge is -2.57. The molecule has 4 aliphatic carbocycles. The number of nitrogens with two attached hydrogens (primary N) is 1. The Kier molecular flexibility index (Phi) is 6.29. The third-order valence-corrected chi connectivity index (χ3v) is 9.02. The smallest absolute Gasteiger partial charge is 0.233 e. The van der Waals surface area contributed by atoms with Gasteiger partial charge in [-0.1, -0.05) is 37.7 Å². The minimum absolute atomic E-state index is 0.0119. The fraction of sp³-hybridized carbons (Fsp3) is 0.654. The third-order valence-electron chi connectivity index (χ3n) is 7.96. The molecule has 184 valence electrons. The Bertz CT molecular complexity index is 1030. The van der Waals surface area contributed by atoms with Gasteiger partial charge in [0.1, 0.15) is 12.4 Å². The average Bonchev–Trinajstić information content (AvgIpc) is 3.10. The predicted octanol–water partition coefficient (Wildman–Crippen LogP) is 4.57. The summed E-state index contributed by atoms with van der Waals surface area (Å²) in [7, 11) is 0. The van der Waals surface area contributed by atoms with Gasteiger partial charge in [0.05, 0.1) is 5.25 Å². The van der Waals surface area contributed by atoms with E-state index in [0.717, 1.165) is 53.9 Å². The maximum absolute atomic E-state index is 13.1. The van der Waals surface area contributed by atoms with Crippen molar-refractivity contribution in [2.45, 2.75) is 94.7 Å². The number of ether oxygens (including phenoxy) is 1. The summed E-state index contributed by atoms with van der Waals surface area (Å²) >= 11 is 1.36. The van der Waals surface area contributed by atoms with E-state index in [1.165, 1.54) is 35.7 Å². The molecule has 6 rings (SSSR count). The lowest BCUT2D eigenvalue weighted by Crippen LogP contribution is -2.60. The summed E-state index contributed by atoms with van der Waals surface area (Å²) in [6.07, 6.45) is 7.53. The molecule has 4 aliphatic rings. The molecule has 0 radical (unpaired) electrons. The highest BCUT2D eigenvalue weighted by Crippen LogP contribution is 2.55. The molecule has 2 aromatic rings. The maximum atomic E-state index is 13.1.